The van der Waals surface area contributed by atoms with Crippen LogP contribution in [0.4, 0.5) is 0 Å². The molecule has 1 heterocycles. The van der Waals surface area contributed by atoms with E-state index in [0.717, 1.165) is 36.0 Å². The van der Waals surface area contributed by atoms with Crippen molar-refractivity contribution in [2.75, 3.05) is 13.2 Å². The largest absolute Gasteiger partial charge is 0.494 e. The maximum absolute atomic E-state index is 11.5. The molecule has 0 aromatic heterocycles. The lowest BCUT2D eigenvalue weighted by Crippen LogP contribution is -2.37. The third-order valence-corrected chi connectivity index (χ3v) is 3.42. The van der Waals surface area contributed by atoms with Gasteiger partial charge < -0.3 is 10.1 Å². The van der Waals surface area contributed by atoms with Crippen molar-refractivity contribution in [1.29, 1.82) is 0 Å². The van der Waals surface area contributed by atoms with E-state index < -0.39 is 0 Å². The first kappa shape index (κ1) is 12.4. The summed E-state index contributed by atoms with van der Waals surface area (Å²) >= 11 is 3.40. The van der Waals surface area contributed by atoms with Gasteiger partial charge in [0.2, 0.25) is 5.91 Å². The van der Waals surface area contributed by atoms with Crippen molar-refractivity contribution in [1.82, 2.24) is 5.32 Å². The fraction of sp³-hybridized carbons (Fsp3) is 0.462. The van der Waals surface area contributed by atoms with E-state index in [4.69, 9.17) is 4.74 Å². The number of rotatable bonds is 4. The van der Waals surface area contributed by atoms with E-state index in [9.17, 15) is 4.79 Å². The fourth-order valence-electron chi connectivity index (χ4n) is 1.99. The number of halogens is 1. The van der Waals surface area contributed by atoms with Crippen LogP contribution in [0.3, 0.4) is 0 Å². The molecule has 0 aliphatic carbocycles. The number of nitrogens with one attached hydrogen (secondary N) is 1. The summed E-state index contributed by atoms with van der Waals surface area (Å²) in [5, 5.41) is 2.89. The number of benzene rings is 1. The monoisotopic (exact) mass is 297 g/mol. The molecule has 4 heteroatoms. The molecule has 1 fully saturated rings. The molecule has 1 aliphatic rings. The number of carbonyl (C=O) groups excluding carboxylic acids is 1. The van der Waals surface area contributed by atoms with Crippen LogP contribution in [0.5, 0.6) is 5.75 Å². The zero-order chi connectivity index (χ0) is 12.1. The minimum atomic E-state index is 0.121. The van der Waals surface area contributed by atoms with Gasteiger partial charge in [-0.25, -0.2) is 0 Å². The van der Waals surface area contributed by atoms with Crippen LogP contribution in [0.1, 0.15) is 19.3 Å². The summed E-state index contributed by atoms with van der Waals surface area (Å²) in [5.41, 5.74) is 0. The van der Waals surface area contributed by atoms with Crippen molar-refractivity contribution in [3.8, 4) is 5.75 Å². The van der Waals surface area contributed by atoms with Gasteiger partial charge >= 0.3 is 0 Å². The average Bonchev–Trinajstić information content (AvgIpc) is 2.32. The highest BCUT2D eigenvalue weighted by molar-refractivity contribution is 9.10. The molecular weight excluding hydrogens is 282 g/mol. The highest BCUT2D eigenvalue weighted by Crippen LogP contribution is 2.20. The van der Waals surface area contributed by atoms with E-state index >= 15 is 0 Å². The van der Waals surface area contributed by atoms with Crippen LogP contribution in [0, 0.1) is 5.92 Å². The number of hydrogen-bond acceptors (Lipinski definition) is 2. The quantitative estimate of drug-likeness (QED) is 0.928. The molecule has 0 bridgehead atoms. The Morgan fingerprint density at radius 2 is 2.35 bits per heavy atom. The van der Waals surface area contributed by atoms with Gasteiger partial charge in [-0.2, -0.15) is 0 Å². The second-order valence-electron chi connectivity index (χ2n) is 4.22. The number of amides is 1. The van der Waals surface area contributed by atoms with E-state index in [2.05, 4.69) is 21.2 Å². The first-order chi connectivity index (χ1) is 8.25. The summed E-state index contributed by atoms with van der Waals surface area (Å²) in [6.07, 6.45) is 2.85. The molecule has 1 atom stereocenters. The molecular formula is C13H16BrNO2. The summed E-state index contributed by atoms with van der Waals surface area (Å²) in [7, 11) is 0. The van der Waals surface area contributed by atoms with Crippen molar-refractivity contribution in [2.24, 2.45) is 5.92 Å². The van der Waals surface area contributed by atoms with E-state index in [0.29, 0.717) is 6.61 Å². The van der Waals surface area contributed by atoms with Crippen LogP contribution >= 0.6 is 15.9 Å². The molecule has 1 N–H and O–H groups in total. The van der Waals surface area contributed by atoms with Crippen LogP contribution in [0.15, 0.2) is 28.7 Å². The molecule has 1 unspecified atom stereocenters. The summed E-state index contributed by atoms with van der Waals surface area (Å²) in [5.74, 6) is 1.14. The van der Waals surface area contributed by atoms with Crippen molar-refractivity contribution in [3.05, 3.63) is 28.7 Å². The van der Waals surface area contributed by atoms with Gasteiger partial charge in [0.25, 0.3) is 0 Å². The molecule has 1 saturated heterocycles. The van der Waals surface area contributed by atoms with Gasteiger partial charge in [-0.1, -0.05) is 22.0 Å². The molecule has 0 saturated carbocycles. The smallest absolute Gasteiger partial charge is 0.223 e. The second-order valence-corrected chi connectivity index (χ2v) is 5.14. The predicted molar refractivity (Wildman–Crippen MR) is 70.0 cm³/mol. The standard InChI is InChI=1S/C13H16BrNO2/c14-11-4-1-5-12(9-11)17-8-6-10-3-2-7-15-13(10)16/h1,4-5,9-10H,2-3,6-8H2,(H,15,16). The highest BCUT2D eigenvalue weighted by Gasteiger charge is 2.21. The molecule has 3 nitrogen and oxygen atoms in total. The lowest BCUT2D eigenvalue weighted by molar-refractivity contribution is -0.127. The molecule has 0 spiro atoms. The van der Waals surface area contributed by atoms with Gasteiger partial charge in [0.15, 0.2) is 0 Å². The first-order valence-electron chi connectivity index (χ1n) is 5.92. The number of hydrogen-bond donors (Lipinski definition) is 1. The minimum Gasteiger partial charge on any atom is -0.494 e. The molecule has 1 aromatic carbocycles. The Labute approximate surface area is 110 Å². The van der Waals surface area contributed by atoms with E-state index in [1.807, 2.05) is 24.3 Å². The van der Waals surface area contributed by atoms with Crippen LogP contribution in [0.25, 0.3) is 0 Å². The maximum atomic E-state index is 11.5. The normalized spacial score (nSPS) is 19.8. The average molecular weight is 298 g/mol. The third-order valence-electron chi connectivity index (χ3n) is 2.93. The summed E-state index contributed by atoms with van der Waals surface area (Å²) < 4.78 is 6.63. The van der Waals surface area contributed by atoms with Crippen LogP contribution in [-0.4, -0.2) is 19.1 Å². The van der Waals surface area contributed by atoms with Gasteiger partial charge in [0, 0.05) is 16.9 Å². The van der Waals surface area contributed by atoms with E-state index in [-0.39, 0.29) is 11.8 Å². The molecule has 1 aromatic rings. The molecule has 92 valence electrons. The highest BCUT2D eigenvalue weighted by atomic mass is 79.9. The zero-order valence-corrected chi connectivity index (χ0v) is 11.2. The molecule has 1 aliphatic heterocycles. The lowest BCUT2D eigenvalue weighted by Gasteiger charge is -2.21. The Morgan fingerprint density at radius 3 is 3.12 bits per heavy atom. The van der Waals surface area contributed by atoms with Crippen LogP contribution in [0.2, 0.25) is 0 Å². The van der Waals surface area contributed by atoms with Crippen molar-refractivity contribution >= 4 is 21.8 Å². The van der Waals surface area contributed by atoms with E-state index in [1.165, 1.54) is 0 Å². The van der Waals surface area contributed by atoms with Gasteiger partial charge in [-0.15, -0.1) is 0 Å². The van der Waals surface area contributed by atoms with Crippen molar-refractivity contribution < 1.29 is 9.53 Å². The first-order valence-corrected chi connectivity index (χ1v) is 6.71. The topological polar surface area (TPSA) is 38.3 Å². The Morgan fingerprint density at radius 1 is 1.47 bits per heavy atom. The van der Waals surface area contributed by atoms with Crippen LogP contribution in [-0.2, 0) is 4.79 Å². The molecule has 2 rings (SSSR count). The Hall–Kier alpha value is -1.03. The predicted octanol–water partition coefficient (Wildman–Crippen LogP) is 2.74. The van der Waals surface area contributed by atoms with Gasteiger partial charge in [0.05, 0.1) is 6.61 Å². The number of carbonyl (C=O) groups is 1. The second kappa shape index (κ2) is 6.05. The fourth-order valence-corrected chi connectivity index (χ4v) is 2.36. The minimum absolute atomic E-state index is 0.121. The molecule has 0 radical (unpaired) electrons. The number of ether oxygens (including phenoxy) is 1. The third kappa shape index (κ3) is 3.73. The summed E-state index contributed by atoms with van der Waals surface area (Å²) in [6.45, 7) is 1.41. The Kier molecular flexibility index (Phi) is 4.42. The Balaban J connectivity index is 1.77. The number of piperidine rings is 1. The SMILES string of the molecule is O=C1NCCCC1CCOc1cccc(Br)c1. The van der Waals surface area contributed by atoms with Crippen molar-refractivity contribution in [3.63, 3.8) is 0 Å². The molecule has 17 heavy (non-hydrogen) atoms. The van der Waals surface area contributed by atoms with Crippen molar-refractivity contribution in [2.45, 2.75) is 19.3 Å². The summed E-state index contributed by atoms with van der Waals surface area (Å²) in [6, 6.07) is 7.75. The lowest BCUT2D eigenvalue weighted by atomic mass is 9.96. The Bertz CT molecular complexity index is 395. The molecule has 1 amide bonds. The van der Waals surface area contributed by atoms with Gasteiger partial charge in [-0.3, -0.25) is 4.79 Å². The van der Waals surface area contributed by atoms with E-state index in [1.54, 1.807) is 0 Å². The maximum Gasteiger partial charge on any atom is 0.223 e. The summed E-state index contributed by atoms with van der Waals surface area (Å²) in [4.78, 5) is 11.5. The van der Waals surface area contributed by atoms with Crippen LogP contribution < -0.4 is 10.1 Å². The zero-order valence-electron chi connectivity index (χ0n) is 9.62. The van der Waals surface area contributed by atoms with Gasteiger partial charge in [0.1, 0.15) is 5.75 Å². The van der Waals surface area contributed by atoms with Gasteiger partial charge in [-0.05, 0) is 37.5 Å².